The molecule has 0 fully saturated rings. The number of hydrogen-bond acceptors (Lipinski definition) is 4. The number of nitrogen functional groups attached to an aromatic ring is 1. The maximum absolute atomic E-state index is 5.48. The largest absolute Gasteiger partial charge is 0.384 e. The molecule has 0 aliphatic heterocycles. The molecule has 72 valence electrons. The number of nitrogens with one attached hydrogen (secondary N) is 1. The summed E-state index contributed by atoms with van der Waals surface area (Å²) in [5.41, 5.74) is 6.35. The minimum Gasteiger partial charge on any atom is -0.384 e. The van der Waals surface area contributed by atoms with E-state index in [9.17, 15) is 0 Å². The molecule has 0 aliphatic rings. The van der Waals surface area contributed by atoms with E-state index in [1.807, 2.05) is 13.0 Å². The number of aromatic nitrogens is 4. The Balaban J connectivity index is 2.34. The van der Waals surface area contributed by atoms with Crippen molar-refractivity contribution in [2.24, 2.45) is 0 Å². The molecule has 0 saturated heterocycles. The average molecular weight is 189 g/mol. The molecule has 0 radical (unpaired) electrons. The lowest BCUT2D eigenvalue weighted by Crippen LogP contribution is -1.89. The monoisotopic (exact) mass is 189 g/mol. The second-order valence-electron chi connectivity index (χ2n) is 2.93. The van der Waals surface area contributed by atoms with Crippen LogP contribution < -0.4 is 5.73 Å². The number of anilines is 1. The third kappa shape index (κ3) is 1.56. The van der Waals surface area contributed by atoms with Gasteiger partial charge in [-0.15, -0.1) is 0 Å². The van der Waals surface area contributed by atoms with Crippen molar-refractivity contribution in [3.63, 3.8) is 0 Å². The summed E-state index contributed by atoms with van der Waals surface area (Å²) in [7, 11) is 0. The van der Waals surface area contributed by atoms with Gasteiger partial charge in [0.25, 0.3) is 0 Å². The lowest BCUT2D eigenvalue weighted by molar-refractivity contribution is 0.946. The minimum atomic E-state index is 0.500. The van der Waals surface area contributed by atoms with Gasteiger partial charge in [-0.2, -0.15) is 5.10 Å². The van der Waals surface area contributed by atoms with E-state index in [1.165, 1.54) is 0 Å². The van der Waals surface area contributed by atoms with E-state index in [4.69, 9.17) is 5.73 Å². The molecule has 0 spiro atoms. The first-order valence-electron chi connectivity index (χ1n) is 4.42. The summed E-state index contributed by atoms with van der Waals surface area (Å²) in [6.45, 7) is 2.02. The van der Waals surface area contributed by atoms with Gasteiger partial charge in [-0.05, 0) is 12.1 Å². The zero-order chi connectivity index (χ0) is 9.97. The van der Waals surface area contributed by atoms with Crippen molar-refractivity contribution >= 4 is 5.82 Å². The molecule has 14 heavy (non-hydrogen) atoms. The van der Waals surface area contributed by atoms with Gasteiger partial charge < -0.3 is 5.73 Å². The summed E-state index contributed by atoms with van der Waals surface area (Å²) in [5, 5.41) is 6.92. The normalized spacial score (nSPS) is 10.4. The van der Waals surface area contributed by atoms with Crippen molar-refractivity contribution in [3.05, 3.63) is 24.2 Å². The van der Waals surface area contributed by atoms with Gasteiger partial charge in [0.1, 0.15) is 11.6 Å². The van der Waals surface area contributed by atoms with Gasteiger partial charge in [0, 0.05) is 18.2 Å². The number of aromatic amines is 1. The molecular weight excluding hydrogens is 178 g/mol. The fourth-order valence-electron chi connectivity index (χ4n) is 1.12. The van der Waals surface area contributed by atoms with Crippen LogP contribution >= 0.6 is 0 Å². The zero-order valence-electron chi connectivity index (χ0n) is 7.86. The standard InChI is InChI=1S/C9H11N5/c1-2-8-12-9(14-13-8)6-3-4-7(10)11-5-6/h3-5H,2H2,1H3,(H2,10,11)(H,12,13,14). The number of pyridine rings is 1. The van der Waals surface area contributed by atoms with E-state index in [0.29, 0.717) is 11.6 Å². The fourth-order valence-corrected chi connectivity index (χ4v) is 1.12. The maximum Gasteiger partial charge on any atom is 0.182 e. The predicted octanol–water partition coefficient (Wildman–Crippen LogP) is 1.01. The maximum atomic E-state index is 5.48. The molecule has 0 aromatic carbocycles. The Labute approximate surface area is 81.4 Å². The van der Waals surface area contributed by atoms with Crippen LogP contribution in [0.5, 0.6) is 0 Å². The average Bonchev–Trinajstić information content (AvgIpc) is 2.67. The SMILES string of the molecule is CCc1nc(-c2ccc(N)nc2)n[nH]1. The zero-order valence-corrected chi connectivity index (χ0v) is 7.86. The Bertz CT molecular complexity index is 417. The molecule has 0 saturated carbocycles. The molecular formula is C9H11N5. The number of aryl methyl sites for hydroxylation is 1. The molecule has 0 amide bonds. The third-order valence-corrected chi connectivity index (χ3v) is 1.91. The van der Waals surface area contributed by atoms with Crippen molar-refractivity contribution in [1.82, 2.24) is 20.2 Å². The molecule has 2 aromatic heterocycles. The second kappa shape index (κ2) is 3.45. The summed E-state index contributed by atoms with van der Waals surface area (Å²) in [4.78, 5) is 8.26. The predicted molar refractivity (Wildman–Crippen MR) is 53.4 cm³/mol. The molecule has 0 aliphatic carbocycles. The Morgan fingerprint density at radius 2 is 2.29 bits per heavy atom. The van der Waals surface area contributed by atoms with E-state index >= 15 is 0 Å². The van der Waals surface area contributed by atoms with Crippen LogP contribution in [0.4, 0.5) is 5.82 Å². The third-order valence-electron chi connectivity index (χ3n) is 1.91. The Morgan fingerprint density at radius 1 is 1.43 bits per heavy atom. The van der Waals surface area contributed by atoms with E-state index < -0.39 is 0 Å². The van der Waals surface area contributed by atoms with Crippen LogP contribution in [0.15, 0.2) is 18.3 Å². The van der Waals surface area contributed by atoms with E-state index in [0.717, 1.165) is 17.8 Å². The van der Waals surface area contributed by atoms with E-state index in [-0.39, 0.29) is 0 Å². The summed E-state index contributed by atoms with van der Waals surface area (Å²) in [6, 6.07) is 3.59. The first kappa shape index (κ1) is 8.68. The summed E-state index contributed by atoms with van der Waals surface area (Å²) >= 11 is 0. The van der Waals surface area contributed by atoms with Crippen LogP contribution in [0.1, 0.15) is 12.7 Å². The lowest BCUT2D eigenvalue weighted by atomic mass is 10.3. The van der Waals surface area contributed by atoms with Gasteiger partial charge in [0.05, 0.1) is 0 Å². The van der Waals surface area contributed by atoms with E-state index in [2.05, 4.69) is 20.2 Å². The van der Waals surface area contributed by atoms with E-state index in [1.54, 1.807) is 12.3 Å². The summed E-state index contributed by atoms with van der Waals surface area (Å²) in [6.07, 6.45) is 2.51. The highest BCUT2D eigenvalue weighted by Crippen LogP contribution is 2.13. The molecule has 5 heteroatoms. The smallest absolute Gasteiger partial charge is 0.182 e. The molecule has 2 heterocycles. The molecule has 2 rings (SSSR count). The quantitative estimate of drug-likeness (QED) is 0.738. The second-order valence-corrected chi connectivity index (χ2v) is 2.93. The summed E-state index contributed by atoms with van der Waals surface area (Å²) in [5.74, 6) is 2.03. The van der Waals surface area contributed by atoms with Crippen molar-refractivity contribution in [2.75, 3.05) is 5.73 Å². The van der Waals surface area contributed by atoms with Gasteiger partial charge in [-0.25, -0.2) is 9.97 Å². The molecule has 0 unspecified atom stereocenters. The number of H-pyrrole nitrogens is 1. The highest BCUT2D eigenvalue weighted by atomic mass is 15.2. The van der Waals surface area contributed by atoms with Crippen LogP contribution in [-0.4, -0.2) is 20.2 Å². The molecule has 3 N–H and O–H groups in total. The van der Waals surface area contributed by atoms with Gasteiger partial charge in [0.15, 0.2) is 5.82 Å². The van der Waals surface area contributed by atoms with Crippen molar-refractivity contribution < 1.29 is 0 Å². The van der Waals surface area contributed by atoms with Gasteiger partial charge in [-0.1, -0.05) is 6.92 Å². The van der Waals surface area contributed by atoms with Crippen LogP contribution in [0.3, 0.4) is 0 Å². The van der Waals surface area contributed by atoms with Crippen molar-refractivity contribution in [2.45, 2.75) is 13.3 Å². The minimum absolute atomic E-state index is 0.500. The van der Waals surface area contributed by atoms with Crippen LogP contribution in [0.25, 0.3) is 11.4 Å². The van der Waals surface area contributed by atoms with Crippen molar-refractivity contribution in [3.8, 4) is 11.4 Å². The first-order chi connectivity index (χ1) is 6.79. The van der Waals surface area contributed by atoms with Gasteiger partial charge in [-0.3, -0.25) is 5.10 Å². The number of nitrogens with two attached hydrogens (primary N) is 1. The highest BCUT2D eigenvalue weighted by Gasteiger charge is 2.04. The lowest BCUT2D eigenvalue weighted by Gasteiger charge is -1.94. The molecule has 0 atom stereocenters. The Morgan fingerprint density at radius 3 is 2.86 bits per heavy atom. The molecule has 5 nitrogen and oxygen atoms in total. The number of hydrogen-bond donors (Lipinski definition) is 2. The number of nitrogens with zero attached hydrogens (tertiary/aromatic N) is 3. The molecule has 0 bridgehead atoms. The fraction of sp³-hybridized carbons (Fsp3) is 0.222. The first-order valence-corrected chi connectivity index (χ1v) is 4.42. The van der Waals surface area contributed by atoms with Crippen LogP contribution in [-0.2, 0) is 6.42 Å². The Kier molecular flexibility index (Phi) is 2.14. The van der Waals surface area contributed by atoms with Crippen LogP contribution in [0.2, 0.25) is 0 Å². The summed E-state index contributed by atoms with van der Waals surface area (Å²) < 4.78 is 0. The Hall–Kier alpha value is -1.91. The number of rotatable bonds is 2. The molecule has 2 aromatic rings. The van der Waals surface area contributed by atoms with Gasteiger partial charge >= 0.3 is 0 Å². The van der Waals surface area contributed by atoms with Gasteiger partial charge in [0.2, 0.25) is 0 Å². The van der Waals surface area contributed by atoms with Crippen LogP contribution in [0, 0.1) is 0 Å². The van der Waals surface area contributed by atoms with Crippen molar-refractivity contribution in [1.29, 1.82) is 0 Å². The topological polar surface area (TPSA) is 80.5 Å². The highest BCUT2D eigenvalue weighted by molar-refractivity contribution is 5.54.